The van der Waals surface area contributed by atoms with E-state index >= 15 is 0 Å². The van der Waals surface area contributed by atoms with Crippen LogP contribution in [0, 0.1) is 0 Å². The molecule has 0 aliphatic carbocycles. The minimum absolute atomic E-state index is 0.341. The Balaban J connectivity index is 2.83. The lowest BCUT2D eigenvalue weighted by molar-refractivity contribution is 0.457. The van der Waals surface area contributed by atoms with Crippen molar-refractivity contribution in [2.45, 2.75) is 57.4 Å². The van der Waals surface area contributed by atoms with E-state index in [1.807, 2.05) is 16.9 Å². The fraction of sp³-hybridized carbons (Fsp3) is 0.769. The summed E-state index contributed by atoms with van der Waals surface area (Å²) in [6.45, 7) is 7.53. The van der Waals surface area contributed by atoms with Crippen LogP contribution in [0.5, 0.6) is 0 Å². The van der Waals surface area contributed by atoms with Crippen molar-refractivity contribution < 1.29 is 8.42 Å². The van der Waals surface area contributed by atoms with Gasteiger partial charge in [0.1, 0.15) is 0 Å². The zero-order chi connectivity index (χ0) is 14.8. The van der Waals surface area contributed by atoms with Gasteiger partial charge in [-0.25, -0.2) is 8.42 Å². The van der Waals surface area contributed by atoms with E-state index in [1.54, 1.807) is 13.8 Å². The third-order valence-electron chi connectivity index (χ3n) is 3.98. The standard InChI is InChI=1S/C13H25N3O2S/c1-6-10(2)16-8-7-11(15-16)9-12(14)13(3,4)19(5,17)18/h7-8,10,12H,6,9,14H2,1-5H3. The van der Waals surface area contributed by atoms with E-state index in [1.165, 1.54) is 6.26 Å². The smallest absolute Gasteiger partial charge is 0.154 e. The van der Waals surface area contributed by atoms with Crippen molar-refractivity contribution in [2.24, 2.45) is 5.73 Å². The molecule has 2 atom stereocenters. The molecule has 0 amide bonds. The summed E-state index contributed by atoms with van der Waals surface area (Å²) in [4.78, 5) is 0. The average molecular weight is 287 g/mol. The van der Waals surface area contributed by atoms with Crippen LogP contribution in [0.3, 0.4) is 0 Å². The van der Waals surface area contributed by atoms with Gasteiger partial charge >= 0.3 is 0 Å². The molecule has 0 aliphatic rings. The van der Waals surface area contributed by atoms with Crippen molar-refractivity contribution in [3.63, 3.8) is 0 Å². The maximum atomic E-state index is 11.7. The molecular weight excluding hydrogens is 262 g/mol. The molecule has 2 N–H and O–H groups in total. The van der Waals surface area contributed by atoms with Crippen LogP contribution in [-0.4, -0.2) is 35.2 Å². The van der Waals surface area contributed by atoms with Crippen molar-refractivity contribution in [3.8, 4) is 0 Å². The Morgan fingerprint density at radius 3 is 2.53 bits per heavy atom. The Hall–Kier alpha value is -0.880. The molecule has 0 aliphatic heterocycles. The highest BCUT2D eigenvalue weighted by molar-refractivity contribution is 7.92. The average Bonchev–Trinajstić information content (AvgIpc) is 2.74. The van der Waals surface area contributed by atoms with Crippen LogP contribution in [0.2, 0.25) is 0 Å². The van der Waals surface area contributed by atoms with Crippen LogP contribution in [0.4, 0.5) is 0 Å². The minimum atomic E-state index is -3.20. The van der Waals surface area contributed by atoms with Gasteiger partial charge in [0, 0.05) is 31.0 Å². The fourth-order valence-electron chi connectivity index (χ4n) is 1.66. The number of sulfone groups is 1. The second kappa shape index (κ2) is 5.63. The van der Waals surface area contributed by atoms with Crippen LogP contribution < -0.4 is 5.73 Å². The predicted molar refractivity (Wildman–Crippen MR) is 77.8 cm³/mol. The van der Waals surface area contributed by atoms with Crippen molar-refractivity contribution in [3.05, 3.63) is 18.0 Å². The van der Waals surface area contributed by atoms with Gasteiger partial charge in [-0.1, -0.05) is 6.92 Å². The van der Waals surface area contributed by atoms with E-state index in [-0.39, 0.29) is 0 Å². The fourth-order valence-corrected chi connectivity index (χ4v) is 2.30. The highest BCUT2D eigenvalue weighted by Crippen LogP contribution is 2.21. The Labute approximate surface area is 116 Å². The summed E-state index contributed by atoms with van der Waals surface area (Å²) in [5.74, 6) is 0. The molecule has 5 nitrogen and oxygen atoms in total. The van der Waals surface area contributed by atoms with Crippen molar-refractivity contribution in [1.82, 2.24) is 9.78 Å². The number of rotatable bonds is 6. The van der Waals surface area contributed by atoms with Crippen LogP contribution >= 0.6 is 0 Å². The van der Waals surface area contributed by atoms with Crippen LogP contribution in [0.15, 0.2) is 12.3 Å². The largest absolute Gasteiger partial charge is 0.326 e. The van der Waals surface area contributed by atoms with Crippen LogP contribution in [0.25, 0.3) is 0 Å². The van der Waals surface area contributed by atoms with Gasteiger partial charge in [-0.3, -0.25) is 4.68 Å². The molecule has 0 radical (unpaired) electrons. The van der Waals surface area contributed by atoms with Gasteiger partial charge in [0.15, 0.2) is 9.84 Å². The Kier molecular flexibility index (Phi) is 4.79. The molecule has 0 bridgehead atoms. The van der Waals surface area contributed by atoms with Crippen molar-refractivity contribution >= 4 is 9.84 Å². The zero-order valence-corrected chi connectivity index (χ0v) is 13.2. The first-order valence-electron chi connectivity index (χ1n) is 6.58. The second-order valence-corrected chi connectivity index (χ2v) is 8.33. The van der Waals surface area contributed by atoms with E-state index in [0.29, 0.717) is 12.5 Å². The Morgan fingerprint density at radius 2 is 2.05 bits per heavy atom. The maximum Gasteiger partial charge on any atom is 0.154 e. The van der Waals surface area contributed by atoms with E-state index in [2.05, 4.69) is 18.9 Å². The first kappa shape index (κ1) is 16.2. The van der Waals surface area contributed by atoms with Gasteiger partial charge in [0.2, 0.25) is 0 Å². The highest BCUT2D eigenvalue weighted by Gasteiger charge is 2.37. The van der Waals surface area contributed by atoms with Crippen molar-refractivity contribution in [2.75, 3.05) is 6.26 Å². The summed E-state index contributed by atoms with van der Waals surface area (Å²) in [7, 11) is -3.20. The summed E-state index contributed by atoms with van der Waals surface area (Å²) < 4.78 is 24.4. The molecule has 19 heavy (non-hydrogen) atoms. The Morgan fingerprint density at radius 1 is 1.47 bits per heavy atom. The lowest BCUT2D eigenvalue weighted by Gasteiger charge is -2.29. The van der Waals surface area contributed by atoms with E-state index in [9.17, 15) is 8.42 Å². The lowest BCUT2D eigenvalue weighted by Crippen LogP contribution is -2.50. The SMILES string of the molecule is CCC(C)n1ccc(CC(N)C(C)(C)S(C)(=O)=O)n1. The molecule has 1 aromatic rings. The van der Waals surface area contributed by atoms with Crippen LogP contribution in [-0.2, 0) is 16.3 Å². The summed E-state index contributed by atoms with van der Waals surface area (Å²) in [6.07, 6.45) is 4.61. The minimum Gasteiger partial charge on any atom is -0.326 e. The summed E-state index contributed by atoms with van der Waals surface area (Å²) in [5, 5.41) is 4.46. The topological polar surface area (TPSA) is 78.0 Å². The predicted octanol–water partition coefficient (Wildman–Crippen LogP) is 1.55. The van der Waals surface area contributed by atoms with Crippen LogP contribution in [0.1, 0.15) is 45.9 Å². The molecule has 0 aromatic carbocycles. The lowest BCUT2D eigenvalue weighted by atomic mass is 9.99. The molecule has 6 heteroatoms. The van der Waals surface area contributed by atoms with Gasteiger partial charge in [0.25, 0.3) is 0 Å². The summed E-state index contributed by atoms with van der Waals surface area (Å²) in [5.41, 5.74) is 6.90. The number of nitrogens with zero attached hydrogens (tertiary/aromatic N) is 2. The Bertz CT molecular complexity index is 520. The molecule has 0 spiro atoms. The molecule has 110 valence electrons. The molecule has 1 heterocycles. The molecule has 1 rings (SSSR count). The van der Waals surface area contributed by atoms with Gasteiger partial charge in [-0.15, -0.1) is 0 Å². The third-order valence-corrected chi connectivity index (χ3v) is 6.20. The van der Waals surface area contributed by atoms with Gasteiger partial charge < -0.3 is 5.73 Å². The molecule has 1 aromatic heterocycles. The first-order valence-corrected chi connectivity index (χ1v) is 8.48. The molecule has 0 fully saturated rings. The second-order valence-electron chi connectivity index (χ2n) is 5.73. The normalized spacial score (nSPS) is 16.3. The number of hydrogen-bond donors (Lipinski definition) is 1. The summed E-state index contributed by atoms with van der Waals surface area (Å²) >= 11 is 0. The van der Waals surface area contributed by atoms with E-state index in [0.717, 1.165) is 12.1 Å². The van der Waals surface area contributed by atoms with Gasteiger partial charge in [-0.2, -0.15) is 5.10 Å². The number of aromatic nitrogens is 2. The monoisotopic (exact) mass is 287 g/mol. The van der Waals surface area contributed by atoms with E-state index < -0.39 is 20.6 Å². The van der Waals surface area contributed by atoms with E-state index in [4.69, 9.17) is 5.73 Å². The zero-order valence-electron chi connectivity index (χ0n) is 12.4. The summed E-state index contributed by atoms with van der Waals surface area (Å²) in [6, 6.07) is 1.78. The molecule has 2 unspecified atom stereocenters. The number of nitrogens with two attached hydrogens (primary N) is 1. The molecule has 0 saturated carbocycles. The third kappa shape index (κ3) is 3.57. The quantitative estimate of drug-likeness (QED) is 0.861. The number of hydrogen-bond acceptors (Lipinski definition) is 4. The van der Waals surface area contributed by atoms with Crippen molar-refractivity contribution in [1.29, 1.82) is 0 Å². The van der Waals surface area contributed by atoms with Gasteiger partial charge in [-0.05, 0) is 33.3 Å². The highest BCUT2D eigenvalue weighted by atomic mass is 32.2. The molecule has 0 saturated heterocycles. The van der Waals surface area contributed by atoms with Gasteiger partial charge in [0.05, 0.1) is 10.4 Å². The molecular formula is C13H25N3O2S. The maximum absolute atomic E-state index is 11.7. The first-order chi connectivity index (χ1) is 8.59.